The molecule has 2 rings (SSSR count). The summed E-state index contributed by atoms with van der Waals surface area (Å²) in [6.07, 6.45) is 0.769. The van der Waals surface area contributed by atoms with E-state index >= 15 is 0 Å². The van der Waals surface area contributed by atoms with Crippen molar-refractivity contribution in [3.05, 3.63) is 12.1 Å². The van der Waals surface area contributed by atoms with Crippen molar-refractivity contribution in [2.24, 2.45) is 5.92 Å². The van der Waals surface area contributed by atoms with Crippen LogP contribution in [0.5, 0.6) is 11.5 Å². The molecule has 7 nitrogen and oxygen atoms in total. The number of nitrogens with one attached hydrogen (secondary N) is 2. The zero-order chi connectivity index (χ0) is 15.5. The fourth-order valence-electron chi connectivity index (χ4n) is 1.77. The van der Waals surface area contributed by atoms with Crippen molar-refractivity contribution in [2.75, 3.05) is 30.2 Å². The number of nitrogens with two attached hydrogens (primary N) is 1. The van der Waals surface area contributed by atoms with Crippen LogP contribution in [0.1, 0.15) is 20.3 Å². The monoisotopic (exact) mass is 315 g/mol. The smallest absolute Gasteiger partial charge is 0.299 e. The zero-order valence-electron chi connectivity index (χ0n) is 12.2. The average Bonchev–Trinajstić information content (AvgIpc) is 2.62. The topological polar surface area (TPSA) is 103 Å². The van der Waals surface area contributed by atoms with E-state index in [4.69, 9.17) is 15.2 Å². The molecular weight excluding hydrogens is 294 g/mol. The van der Waals surface area contributed by atoms with Gasteiger partial charge in [0.1, 0.15) is 0 Å². The summed E-state index contributed by atoms with van der Waals surface area (Å²) in [5.41, 5.74) is 6.43. The van der Waals surface area contributed by atoms with Gasteiger partial charge in [-0.05, 0) is 5.92 Å². The molecule has 0 aromatic heterocycles. The minimum atomic E-state index is -3.66. The minimum absolute atomic E-state index is 0.211. The summed E-state index contributed by atoms with van der Waals surface area (Å²) in [6.45, 7) is 5.26. The van der Waals surface area contributed by atoms with Crippen LogP contribution in [0.4, 0.5) is 11.4 Å². The van der Waals surface area contributed by atoms with Crippen LogP contribution in [0.2, 0.25) is 0 Å². The first-order chi connectivity index (χ1) is 9.87. The van der Waals surface area contributed by atoms with Crippen molar-refractivity contribution >= 4 is 21.6 Å². The van der Waals surface area contributed by atoms with Crippen LogP contribution in [0.3, 0.4) is 0 Å². The van der Waals surface area contributed by atoms with Gasteiger partial charge < -0.3 is 15.2 Å². The van der Waals surface area contributed by atoms with Gasteiger partial charge in [-0.1, -0.05) is 13.8 Å². The molecule has 0 atom stereocenters. The van der Waals surface area contributed by atoms with Crippen LogP contribution in [-0.2, 0) is 10.2 Å². The lowest BCUT2D eigenvalue weighted by Crippen LogP contribution is -2.33. The summed E-state index contributed by atoms with van der Waals surface area (Å²) in [4.78, 5) is 0. The predicted molar refractivity (Wildman–Crippen MR) is 81.8 cm³/mol. The summed E-state index contributed by atoms with van der Waals surface area (Å²) in [7, 11) is -3.66. The first kappa shape index (κ1) is 15.7. The highest BCUT2D eigenvalue weighted by Gasteiger charge is 2.17. The molecule has 21 heavy (non-hydrogen) atoms. The molecule has 0 saturated carbocycles. The molecule has 0 amide bonds. The van der Waals surface area contributed by atoms with Gasteiger partial charge in [0.25, 0.3) is 10.2 Å². The molecule has 0 aliphatic carbocycles. The molecule has 1 aliphatic rings. The van der Waals surface area contributed by atoms with E-state index in [1.165, 1.54) is 0 Å². The third-order valence-electron chi connectivity index (χ3n) is 2.85. The molecule has 0 spiro atoms. The van der Waals surface area contributed by atoms with E-state index in [1.807, 2.05) is 13.8 Å². The van der Waals surface area contributed by atoms with Crippen LogP contribution in [0, 0.1) is 5.92 Å². The van der Waals surface area contributed by atoms with E-state index in [9.17, 15) is 8.42 Å². The van der Waals surface area contributed by atoms with Crippen molar-refractivity contribution < 1.29 is 17.9 Å². The Hall–Kier alpha value is -1.67. The zero-order valence-corrected chi connectivity index (χ0v) is 13.0. The van der Waals surface area contributed by atoms with Gasteiger partial charge in [0.05, 0.1) is 24.6 Å². The van der Waals surface area contributed by atoms with E-state index in [0.29, 0.717) is 31.3 Å². The molecule has 118 valence electrons. The summed E-state index contributed by atoms with van der Waals surface area (Å²) >= 11 is 0. The first-order valence-electron chi connectivity index (χ1n) is 6.84. The second-order valence-electron chi connectivity index (χ2n) is 5.28. The minimum Gasteiger partial charge on any atom is -0.489 e. The lowest BCUT2D eigenvalue weighted by atomic mass is 10.2. The summed E-state index contributed by atoms with van der Waals surface area (Å²) in [5, 5.41) is 0. The number of anilines is 2. The Morgan fingerprint density at radius 1 is 1.24 bits per heavy atom. The third kappa shape index (κ3) is 4.40. The Morgan fingerprint density at radius 3 is 2.48 bits per heavy atom. The Balaban J connectivity index is 2.18. The van der Waals surface area contributed by atoms with Crippen molar-refractivity contribution in [2.45, 2.75) is 20.3 Å². The van der Waals surface area contributed by atoms with Crippen molar-refractivity contribution in [1.29, 1.82) is 0 Å². The van der Waals surface area contributed by atoms with Gasteiger partial charge in [0, 0.05) is 25.1 Å². The standard InChI is InChI=1S/C13H21N3O4S/c1-9(2)8-15-21(17,18)16-11-7-13-12(6-10(11)14)19-4-3-5-20-13/h6-7,9,15-16H,3-5,8,14H2,1-2H3. The number of hydrogen-bond donors (Lipinski definition) is 3. The molecule has 0 unspecified atom stereocenters. The van der Waals surface area contributed by atoms with E-state index < -0.39 is 10.2 Å². The summed E-state index contributed by atoms with van der Waals surface area (Å²) < 4.78 is 39.8. The Morgan fingerprint density at radius 2 is 1.86 bits per heavy atom. The fraction of sp³-hybridized carbons (Fsp3) is 0.538. The first-order valence-corrected chi connectivity index (χ1v) is 8.32. The average molecular weight is 315 g/mol. The molecular formula is C13H21N3O4S. The Kier molecular flexibility index (Phi) is 4.79. The number of ether oxygens (including phenoxy) is 2. The molecule has 1 aromatic rings. The number of benzene rings is 1. The highest BCUT2D eigenvalue weighted by molar-refractivity contribution is 7.90. The molecule has 4 N–H and O–H groups in total. The van der Waals surface area contributed by atoms with E-state index in [-0.39, 0.29) is 17.3 Å². The highest BCUT2D eigenvalue weighted by atomic mass is 32.2. The number of hydrogen-bond acceptors (Lipinski definition) is 5. The van der Waals surface area contributed by atoms with Crippen LogP contribution < -0.4 is 24.7 Å². The van der Waals surface area contributed by atoms with Gasteiger partial charge >= 0.3 is 0 Å². The maximum Gasteiger partial charge on any atom is 0.299 e. The molecule has 1 heterocycles. The van der Waals surface area contributed by atoms with Crippen LogP contribution >= 0.6 is 0 Å². The van der Waals surface area contributed by atoms with Crippen molar-refractivity contribution in [3.8, 4) is 11.5 Å². The number of nitrogen functional groups attached to an aromatic ring is 1. The summed E-state index contributed by atoms with van der Waals surface area (Å²) in [5.74, 6) is 1.23. The predicted octanol–water partition coefficient (Wildman–Crippen LogP) is 1.33. The maximum atomic E-state index is 11.9. The van der Waals surface area contributed by atoms with Crippen molar-refractivity contribution in [3.63, 3.8) is 0 Å². The maximum absolute atomic E-state index is 11.9. The number of rotatable bonds is 5. The Bertz CT molecular complexity index is 602. The van der Waals surface area contributed by atoms with Gasteiger partial charge in [-0.25, -0.2) is 0 Å². The molecule has 0 bridgehead atoms. The molecule has 0 fully saturated rings. The van der Waals surface area contributed by atoms with Gasteiger partial charge in [0.2, 0.25) is 0 Å². The molecule has 0 radical (unpaired) electrons. The normalized spacial score (nSPS) is 14.8. The third-order valence-corrected chi connectivity index (χ3v) is 3.88. The lowest BCUT2D eigenvalue weighted by molar-refractivity contribution is 0.297. The van der Waals surface area contributed by atoms with Crippen LogP contribution in [-0.4, -0.2) is 28.2 Å². The van der Waals surface area contributed by atoms with Gasteiger partial charge in [-0.15, -0.1) is 0 Å². The lowest BCUT2D eigenvalue weighted by Gasteiger charge is -2.15. The van der Waals surface area contributed by atoms with Crippen LogP contribution in [0.15, 0.2) is 12.1 Å². The van der Waals surface area contributed by atoms with Crippen molar-refractivity contribution in [1.82, 2.24) is 4.72 Å². The van der Waals surface area contributed by atoms with Crippen LogP contribution in [0.25, 0.3) is 0 Å². The Labute approximate surface area is 125 Å². The summed E-state index contributed by atoms with van der Waals surface area (Å²) in [6, 6.07) is 3.12. The number of fused-ring (bicyclic) bond motifs is 1. The largest absolute Gasteiger partial charge is 0.489 e. The van der Waals surface area contributed by atoms with E-state index in [2.05, 4.69) is 9.44 Å². The SMILES string of the molecule is CC(C)CNS(=O)(=O)Nc1cc2c(cc1N)OCCCO2. The second kappa shape index (κ2) is 6.40. The molecule has 1 aromatic carbocycles. The van der Waals surface area contributed by atoms with Gasteiger partial charge in [-0.3, -0.25) is 4.72 Å². The quantitative estimate of drug-likeness (QED) is 0.711. The molecule has 1 aliphatic heterocycles. The van der Waals surface area contributed by atoms with Gasteiger partial charge in [-0.2, -0.15) is 13.1 Å². The van der Waals surface area contributed by atoms with Gasteiger partial charge in [0.15, 0.2) is 11.5 Å². The molecule has 8 heteroatoms. The van der Waals surface area contributed by atoms with E-state index in [1.54, 1.807) is 12.1 Å². The fourth-order valence-corrected chi connectivity index (χ4v) is 2.86. The second-order valence-corrected chi connectivity index (χ2v) is 6.78. The highest BCUT2D eigenvalue weighted by Crippen LogP contribution is 2.36. The van der Waals surface area contributed by atoms with E-state index in [0.717, 1.165) is 6.42 Å². The molecule has 0 saturated heterocycles.